The van der Waals surface area contributed by atoms with Gasteiger partial charge in [-0.3, -0.25) is 9.78 Å². The van der Waals surface area contributed by atoms with Crippen LogP contribution in [0.3, 0.4) is 0 Å². The number of fused-ring (bicyclic) bond motifs is 1. The molecule has 0 aliphatic carbocycles. The van der Waals surface area contributed by atoms with Crippen LogP contribution < -0.4 is 10.2 Å². The van der Waals surface area contributed by atoms with E-state index in [1.165, 1.54) is 0 Å². The minimum Gasteiger partial charge on any atom is -0.372 e. The molecule has 3 aromatic heterocycles. The fourth-order valence-electron chi connectivity index (χ4n) is 5.27. The minimum absolute atomic E-state index is 0.0900. The molecule has 3 aromatic rings. The lowest BCUT2D eigenvalue weighted by Crippen LogP contribution is -2.54. The van der Waals surface area contributed by atoms with Gasteiger partial charge in [0.05, 0.1) is 41.2 Å². The van der Waals surface area contributed by atoms with Crippen LogP contribution in [0.25, 0.3) is 22.3 Å². The second kappa shape index (κ2) is 11.9. The summed E-state index contributed by atoms with van der Waals surface area (Å²) < 4.78 is 69.8. The van der Waals surface area contributed by atoms with Crippen molar-refractivity contribution in [3.05, 3.63) is 48.3 Å². The van der Waals surface area contributed by atoms with Crippen molar-refractivity contribution in [1.29, 1.82) is 0 Å². The number of rotatable bonds is 7. The zero-order chi connectivity index (χ0) is 29.3. The average Bonchev–Trinajstić information content (AvgIpc) is 2.91. The molecular weight excluding hydrogens is 561 g/mol. The molecule has 5 rings (SSSR count). The van der Waals surface area contributed by atoms with Crippen molar-refractivity contribution in [3.8, 4) is 11.4 Å². The Labute approximate surface area is 236 Å². The summed E-state index contributed by atoms with van der Waals surface area (Å²) in [7, 11) is -4.95. The number of sulfonamides is 1. The average molecular weight is 593 g/mol. The van der Waals surface area contributed by atoms with E-state index in [4.69, 9.17) is 14.7 Å². The van der Waals surface area contributed by atoms with Crippen molar-refractivity contribution in [2.24, 2.45) is 0 Å². The predicted molar refractivity (Wildman–Crippen MR) is 147 cm³/mol. The Morgan fingerprint density at radius 2 is 1.80 bits per heavy atom. The molecule has 41 heavy (non-hydrogen) atoms. The highest BCUT2D eigenvalue weighted by Crippen LogP contribution is 2.25. The molecule has 2 aliphatic heterocycles. The van der Waals surface area contributed by atoms with E-state index < -0.39 is 47.0 Å². The van der Waals surface area contributed by atoms with Crippen molar-refractivity contribution in [3.63, 3.8) is 0 Å². The third-order valence-electron chi connectivity index (χ3n) is 7.03. The number of hydrogen-bond donors (Lipinski definition) is 1. The number of halogens is 3. The summed E-state index contributed by atoms with van der Waals surface area (Å²) in [5.41, 5.74) is 2.32. The van der Waals surface area contributed by atoms with E-state index in [9.17, 15) is 26.4 Å². The van der Waals surface area contributed by atoms with Crippen molar-refractivity contribution in [2.75, 3.05) is 31.1 Å². The van der Waals surface area contributed by atoms with Gasteiger partial charge in [-0.2, -0.15) is 13.1 Å². The normalized spacial score (nSPS) is 24.1. The van der Waals surface area contributed by atoms with E-state index in [0.717, 1.165) is 24.3 Å². The summed E-state index contributed by atoms with van der Waals surface area (Å²) >= 11 is 0. The standard InChI is InChI=1S/C27H31F3N6O4S/c1-16-12-35(13-17(2)40-16)25-5-3-4-22(34-25)23-7-6-18-11-31-20(9-24(18)33-23)10-26(37)32-21-8-19(28)14-36(15-21)41(38,39)27(29)30/h3-7,9,11,16-17,19,21,27H,8,10,12-15H2,1-2H3,(H,32,37)/t16-,17+,19-,21-/m1/s1. The Morgan fingerprint density at radius 3 is 2.54 bits per heavy atom. The number of anilines is 1. The highest BCUT2D eigenvalue weighted by molar-refractivity contribution is 7.89. The molecule has 14 heteroatoms. The van der Waals surface area contributed by atoms with Gasteiger partial charge in [-0.1, -0.05) is 6.07 Å². The molecule has 0 saturated carbocycles. The Morgan fingerprint density at radius 1 is 1.07 bits per heavy atom. The number of carbonyl (C=O) groups excluding carboxylic acids is 1. The monoisotopic (exact) mass is 592 g/mol. The van der Waals surface area contributed by atoms with E-state index in [0.29, 0.717) is 26.9 Å². The van der Waals surface area contributed by atoms with Gasteiger partial charge in [-0.25, -0.2) is 22.8 Å². The number of alkyl halides is 3. The molecule has 5 heterocycles. The van der Waals surface area contributed by atoms with Gasteiger partial charge in [-0.15, -0.1) is 0 Å². The van der Waals surface area contributed by atoms with Crippen LogP contribution in [0.1, 0.15) is 26.0 Å². The van der Waals surface area contributed by atoms with Crippen LogP contribution in [0.4, 0.5) is 19.0 Å². The van der Waals surface area contributed by atoms with Crippen LogP contribution >= 0.6 is 0 Å². The first-order valence-corrected chi connectivity index (χ1v) is 14.8. The number of carbonyl (C=O) groups is 1. The topological polar surface area (TPSA) is 118 Å². The molecule has 2 fully saturated rings. The van der Waals surface area contributed by atoms with E-state index in [-0.39, 0.29) is 25.0 Å². The smallest absolute Gasteiger partial charge is 0.350 e. The first-order valence-electron chi connectivity index (χ1n) is 13.3. The molecule has 0 spiro atoms. The molecule has 0 unspecified atom stereocenters. The van der Waals surface area contributed by atoms with Crippen molar-refractivity contribution >= 4 is 32.7 Å². The lowest BCUT2D eigenvalue weighted by Gasteiger charge is -2.36. The minimum atomic E-state index is -4.95. The van der Waals surface area contributed by atoms with Crippen LogP contribution in [0, 0.1) is 0 Å². The third kappa shape index (κ3) is 6.76. The summed E-state index contributed by atoms with van der Waals surface area (Å²) in [6, 6.07) is 10.2. The molecule has 220 valence electrons. The molecule has 10 nitrogen and oxygen atoms in total. The first-order chi connectivity index (χ1) is 19.5. The maximum absolute atomic E-state index is 14.1. The zero-order valence-electron chi connectivity index (χ0n) is 22.6. The van der Waals surface area contributed by atoms with Crippen LogP contribution in [0.5, 0.6) is 0 Å². The number of nitrogens with one attached hydrogen (secondary N) is 1. The second-order valence-corrected chi connectivity index (χ2v) is 12.4. The summed E-state index contributed by atoms with van der Waals surface area (Å²) in [4.78, 5) is 28.8. The summed E-state index contributed by atoms with van der Waals surface area (Å²) in [6.07, 6.45) is -0.265. The van der Waals surface area contributed by atoms with Gasteiger partial charge in [-0.05, 0) is 44.2 Å². The zero-order valence-corrected chi connectivity index (χ0v) is 23.4. The van der Waals surface area contributed by atoms with Crippen LogP contribution in [-0.2, 0) is 26.0 Å². The Kier molecular flexibility index (Phi) is 8.43. The quantitative estimate of drug-likeness (QED) is 0.445. The van der Waals surface area contributed by atoms with Crippen molar-refractivity contribution in [2.45, 2.75) is 56.9 Å². The van der Waals surface area contributed by atoms with Gasteiger partial charge in [0.1, 0.15) is 12.0 Å². The SMILES string of the molecule is C[C@@H]1CN(c2cccc(-c3ccc4cnc(CC(=O)N[C@@H]5C[C@@H](F)CN(S(=O)(=O)C(F)F)C5)cc4n3)n2)C[C@H](C)O1. The summed E-state index contributed by atoms with van der Waals surface area (Å²) in [6.45, 7) is 4.43. The summed E-state index contributed by atoms with van der Waals surface area (Å²) in [5, 5.41) is 3.31. The fraction of sp³-hybridized carbons (Fsp3) is 0.481. The lowest BCUT2D eigenvalue weighted by atomic mass is 10.1. The van der Waals surface area contributed by atoms with Crippen molar-refractivity contribution in [1.82, 2.24) is 24.6 Å². The maximum atomic E-state index is 14.1. The van der Waals surface area contributed by atoms with E-state index >= 15 is 0 Å². The summed E-state index contributed by atoms with van der Waals surface area (Å²) in [5.74, 6) is -3.37. The molecule has 2 aliphatic rings. The molecule has 2 saturated heterocycles. The van der Waals surface area contributed by atoms with Gasteiger partial charge in [0, 0.05) is 50.2 Å². The van der Waals surface area contributed by atoms with Gasteiger partial charge >= 0.3 is 5.76 Å². The van der Waals surface area contributed by atoms with Crippen molar-refractivity contribution < 1.29 is 31.1 Å². The van der Waals surface area contributed by atoms with Crippen LogP contribution in [0.15, 0.2) is 42.6 Å². The van der Waals surface area contributed by atoms with Gasteiger partial charge < -0.3 is 15.0 Å². The number of morpholine rings is 1. The number of hydrogen-bond acceptors (Lipinski definition) is 8. The number of pyridine rings is 3. The number of amides is 1. The number of ether oxygens (including phenoxy) is 1. The van der Waals surface area contributed by atoms with E-state index in [2.05, 4.69) is 15.2 Å². The van der Waals surface area contributed by atoms with Crippen LogP contribution in [0.2, 0.25) is 0 Å². The molecule has 0 radical (unpaired) electrons. The van der Waals surface area contributed by atoms with Gasteiger partial charge in [0.2, 0.25) is 5.91 Å². The Balaban J connectivity index is 1.29. The highest BCUT2D eigenvalue weighted by Gasteiger charge is 2.39. The number of aromatic nitrogens is 3. The number of nitrogens with zero attached hydrogens (tertiary/aromatic N) is 5. The van der Waals surface area contributed by atoms with E-state index in [1.807, 2.05) is 44.2 Å². The predicted octanol–water partition coefficient (Wildman–Crippen LogP) is 2.93. The Bertz CT molecular complexity index is 1520. The Hall–Kier alpha value is -3.36. The van der Waals surface area contributed by atoms with E-state index in [1.54, 1.807) is 12.3 Å². The molecule has 0 bridgehead atoms. The molecule has 1 amide bonds. The fourth-order valence-corrected chi connectivity index (χ4v) is 6.25. The van der Waals surface area contributed by atoms with Gasteiger partial charge in [0.25, 0.3) is 10.0 Å². The second-order valence-electron chi connectivity index (χ2n) is 10.5. The first kappa shape index (κ1) is 29.1. The lowest BCUT2D eigenvalue weighted by molar-refractivity contribution is -0.121. The third-order valence-corrected chi connectivity index (χ3v) is 8.50. The molecule has 0 aromatic carbocycles. The molecule has 1 N–H and O–H groups in total. The number of piperidine rings is 1. The molecule has 4 atom stereocenters. The molecular formula is C27H31F3N6O4S. The highest BCUT2D eigenvalue weighted by atomic mass is 32.2. The largest absolute Gasteiger partial charge is 0.372 e. The van der Waals surface area contributed by atoms with Gasteiger partial charge in [0.15, 0.2) is 0 Å². The van der Waals surface area contributed by atoms with Crippen LogP contribution in [-0.4, -0.2) is 89.9 Å². The maximum Gasteiger partial charge on any atom is 0.350 e.